The Morgan fingerprint density at radius 1 is 1.15 bits per heavy atom. The van der Waals surface area contributed by atoms with Gasteiger partial charge in [-0.05, 0) is 25.0 Å². The standard InChI is InChI=1S/C14H16N4O2/c19-13(20)12-8-2-1-5-9-18(12)14-15-10-6-3-4-7-11(10)16-17-14/h3-4,6-7,12H,1-2,5,8-9H2,(H,19,20). The number of carboxylic acids is 1. The van der Waals surface area contributed by atoms with Gasteiger partial charge in [-0.3, -0.25) is 0 Å². The van der Waals surface area contributed by atoms with Crippen LogP contribution in [0.1, 0.15) is 25.7 Å². The second-order valence-electron chi connectivity index (χ2n) is 5.00. The van der Waals surface area contributed by atoms with Gasteiger partial charge >= 0.3 is 5.97 Å². The van der Waals surface area contributed by atoms with Gasteiger partial charge in [0.15, 0.2) is 0 Å². The average molecular weight is 272 g/mol. The molecule has 0 aliphatic carbocycles. The number of carboxylic acid groups (broad SMARTS) is 1. The number of rotatable bonds is 2. The van der Waals surface area contributed by atoms with Crippen molar-refractivity contribution in [3.8, 4) is 0 Å². The van der Waals surface area contributed by atoms with Gasteiger partial charge in [0.05, 0.1) is 5.52 Å². The second kappa shape index (κ2) is 5.40. The lowest BCUT2D eigenvalue weighted by Crippen LogP contribution is -2.42. The molecular weight excluding hydrogens is 256 g/mol. The highest BCUT2D eigenvalue weighted by Crippen LogP contribution is 2.22. The molecule has 1 atom stereocenters. The molecule has 1 aliphatic heterocycles. The third-order valence-corrected chi connectivity index (χ3v) is 3.64. The number of nitrogens with zero attached hydrogens (tertiary/aromatic N) is 4. The zero-order valence-electron chi connectivity index (χ0n) is 11.1. The summed E-state index contributed by atoms with van der Waals surface area (Å²) in [6.45, 7) is 0.664. The first-order chi connectivity index (χ1) is 9.75. The third kappa shape index (κ3) is 2.41. The number of hydrogen-bond donors (Lipinski definition) is 1. The van der Waals surface area contributed by atoms with Crippen LogP contribution in [-0.2, 0) is 4.79 Å². The van der Waals surface area contributed by atoms with E-state index in [-0.39, 0.29) is 0 Å². The highest BCUT2D eigenvalue weighted by atomic mass is 16.4. The predicted octanol–water partition coefficient (Wildman–Crippen LogP) is 1.86. The number of fused-ring (bicyclic) bond motifs is 1. The van der Waals surface area contributed by atoms with Crippen molar-refractivity contribution < 1.29 is 9.90 Å². The number of carbonyl (C=O) groups is 1. The first kappa shape index (κ1) is 12.8. The van der Waals surface area contributed by atoms with Gasteiger partial charge < -0.3 is 10.0 Å². The molecule has 0 amide bonds. The van der Waals surface area contributed by atoms with E-state index in [1.54, 1.807) is 4.90 Å². The maximum atomic E-state index is 11.4. The van der Waals surface area contributed by atoms with Gasteiger partial charge in [0.1, 0.15) is 11.6 Å². The Morgan fingerprint density at radius 3 is 2.75 bits per heavy atom. The summed E-state index contributed by atoms with van der Waals surface area (Å²) in [5, 5.41) is 17.6. The highest BCUT2D eigenvalue weighted by molar-refractivity contribution is 5.78. The van der Waals surface area contributed by atoms with Crippen LogP contribution in [0.5, 0.6) is 0 Å². The van der Waals surface area contributed by atoms with Gasteiger partial charge in [0, 0.05) is 6.54 Å². The summed E-state index contributed by atoms with van der Waals surface area (Å²) < 4.78 is 0. The van der Waals surface area contributed by atoms with Crippen LogP contribution in [0.15, 0.2) is 24.3 Å². The minimum atomic E-state index is -0.816. The number of benzene rings is 1. The Balaban J connectivity index is 2.00. The second-order valence-corrected chi connectivity index (χ2v) is 5.00. The Kier molecular flexibility index (Phi) is 3.45. The summed E-state index contributed by atoms with van der Waals surface area (Å²) in [6.07, 6.45) is 3.56. The average Bonchev–Trinajstić information content (AvgIpc) is 2.72. The van der Waals surface area contributed by atoms with Crippen LogP contribution in [-0.4, -0.2) is 38.8 Å². The fraction of sp³-hybridized carbons (Fsp3) is 0.429. The van der Waals surface area contributed by atoms with Crippen LogP contribution in [0, 0.1) is 0 Å². The van der Waals surface area contributed by atoms with E-state index >= 15 is 0 Å². The van der Waals surface area contributed by atoms with Gasteiger partial charge in [-0.15, -0.1) is 10.2 Å². The zero-order valence-corrected chi connectivity index (χ0v) is 11.1. The van der Waals surface area contributed by atoms with Gasteiger partial charge in [-0.2, -0.15) is 0 Å². The largest absolute Gasteiger partial charge is 0.480 e. The van der Waals surface area contributed by atoms with Crippen LogP contribution < -0.4 is 4.90 Å². The van der Waals surface area contributed by atoms with E-state index in [2.05, 4.69) is 15.2 Å². The predicted molar refractivity (Wildman–Crippen MR) is 74.6 cm³/mol. The molecular formula is C14H16N4O2. The van der Waals surface area contributed by atoms with Gasteiger partial charge in [-0.1, -0.05) is 25.0 Å². The van der Waals surface area contributed by atoms with Crippen LogP contribution >= 0.6 is 0 Å². The van der Waals surface area contributed by atoms with Gasteiger partial charge in [0.25, 0.3) is 0 Å². The number of hydrogen-bond acceptors (Lipinski definition) is 5. The molecule has 6 nitrogen and oxygen atoms in total. The molecule has 3 rings (SSSR count). The van der Waals surface area contributed by atoms with E-state index in [9.17, 15) is 9.90 Å². The zero-order chi connectivity index (χ0) is 13.9. The maximum Gasteiger partial charge on any atom is 0.326 e. The van der Waals surface area contributed by atoms with E-state index in [4.69, 9.17) is 0 Å². The van der Waals surface area contributed by atoms with E-state index < -0.39 is 12.0 Å². The smallest absolute Gasteiger partial charge is 0.326 e. The summed E-state index contributed by atoms with van der Waals surface area (Å²) in [4.78, 5) is 17.7. The van der Waals surface area contributed by atoms with Crippen molar-refractivity contribution in [3.05, 3.63) is 24.3 Å². The molecule has 0 spiro atoms. The lowest BCUT2D eigenvalue weighted by Gasteiger charge is -2.26. The van der Waals surface area contributed by atoms with Crippen molar-refractivity contribution in [2.75, 3.05) is 11.4 Å². The Morgan fingerprint density at radius 2 is 1.95 bits per heavy atom. The molecule has 0 saturated carbocycles. The number of para-hydroxylation sites is 1. The first-order valence-corrected chi connectivity index (χ1v) is 6.84. The fourth-order valence-corrected chi connectivity index (χ4v) is 2.60. The van der Waals surface area contributed by atoms with Crippen molar-refractivity contribution in [3.63, 3.8) is 0 Å². The van der Waals surface area contributed by atoms with E-state index in [1.807, 2.05) is 24.3 Å². The molecule has 1 saturated heterocycles. The molecule has 20 heavy (non-hydrogen) atoms. The minimum Gasteiger partial charge on any atom is -0.480 e. The summed E-state index contributed by atoms with van der Waals surface area (Å²) in [5.41, 5.74) is 1.46. The van der Waals surface area contributed by atoms with Crippen molar-refractivity contribution in [1.29, 1.82) is 0 Å². The summed E-state index contributed by atoms with van der Waals surface area (Å²) in [7, 11) is 0. The normalized spacial score (nSPS) is 19.8. The van der Waals surface area contributed by atoms with E-state index in [1.165, 1.54) is 0 Å². The Bertz CT molecular complexity index is 631. The molecule has 1 aromatic heterocycles. The molecule has 2 heterocycles. The quantitative estimate of drug-likeness (QED) is 0.899. The molecule has 1 unspecified atom stereocenters. The fourth-order valence-electron chi connectivity index (χ4n) is 2.60. The molecule has 2 aromatic rings. The number of anilines is 1. The molecule has 0 bridgehead atoms. The van der Waals surface area contributed by atoms with Crippen LogP contribution in [0.2, 0.25) is 0 Å². The van der Waals surface area contributed by atoms with E-state index in [0.717, 1.165) is 30.3 Å². The van der Waals surface area contributed by atoms with Crippen molar-refractivity contribution in [2.45, 2.75) is 31.7 Å². The molecule has 0 radical (unpaired) electrons. The molecule has 1 aromatic carbocycles. The summed E-state index contributed by atoms with van der Waals surface area (Å²) >= 11 is 0. The first-order valence-electron chi connectivity index (χ1n) is 6.84. The SMILES string of the molecule is O=C(O)C1CCCCCN1c1nnc2ccccc2n1. The summed E-state index contributed by atoms with van der Waals surface area (Å²) in [5.74, 6) is -0.401. The lowest BCUT2D eigenvalue weighted by atomic mass is 10.1. The molecule has 104 valence electrons. The topological polar surface area (TPSA) is 79.2 Å². The Labute approximate surface area is 116 Å². The number of aromatic nitrogens is 3. The summed E-state index contributed by atoms with van der Waals surface area (Å²) in [6, 6.07) is 6.92. The molecule has 1 aliphatic rings. The highest BCUT2D eigenvalue weighted by Gasteiger charge is 2.29. The van der Waals surface area contributed by atoms with Crippen LogP contribution in [0.4, 0.5) is 5.95 Å². The third-order valence-electron chi connectivity index (χ3n) is 3.64. The van der Waals surface area contributed by atoms with Gasteiger partial charge in [0.2, 0.25) is 5.95 Å². The minimum absolute atomic E-state index is 0.415. The molecule has 6 heteroatoms. The van der Waals surface area contributed by atoms with Gasteiger partial charge in [-0.25, -0.2) is 9.78 Å². The molecule has 1 fully saturated rings. The Hall–Kier alpha value is -2.24. The maximum absolute atomic E-state index is 11.4. The van der Waals surface area contributed by atoms with Crippen molar-refractivity contribution in [2.24, 2.45) is 0 Å². The van der Waals surface area contributed by atoms with E-state index in [0.29, 0.717) is 18.9 Å². The van der Waals surface area contributed by atoms with Crippen LogP contribution in [0.25, 0.3) is 11.0 Å². The molecule has 1 N–H and O–H groups in total. The monoisotopic (exact) mass is 272 g/mol. The van der Waals surface area contributed by atoms with Crippen molar-refractivity contribution >= 4 is 23.0 Å². The number of aliphatic carboxylic acids is 1. The lowest BCUT2D eigenvalue weighted by molar-refractivity contribution is -0.138. The van der Waals surface area contributed by atoms with Crippen molar-refractivity contribution in [1.82, 2.24) is 15.2 Å². The van der Waals surface area contributed by atoms with Crippen LogP contribution in [0.3, 0.4) is 0 Å².